The van der Waals surface area contributed by atoms with Gasteiger partial charge in [-0.15, -0.1) is 11.3 Å². The van der Waals surface area contributed by atoms with Crippen LogP contribution in [0.3, 0.4) is 0 Å². The molecule has 15 heteroatoms. The summed E-state index contributed by atoms with van der Waals surface area (Å²) in [5, 5.41) is 8.85. The van der Waals surface area contributed by atoms with Gasteiger partial charge in [-0.1, -0.05) is 39.8 Å². The summed E-state index contributed by atoms with van der Waals surface area (Å²) in [7, 11) is 2.59. The van der Waals surface area contributed by atoms with Gasteiger partial charge in [0.2, 0.25) is 5.91 Å². The number of ether oxygens (including phenoxy) is 2. The molecule has 0 spiro atoms. The summed E-state index contributed by atoms with van der Waals surface area (Å²) in [5.74, 6) is 0.952. The molecule has 0 saturated carbocycles. The van der Waals surface area contributed by atoms with Gasteiger partial charge in [0.15, 0.2) is 5.78 Å². The van der Waals surface area contributed by atoms with Crippen LogP contribution in [0.1, 0.15) is 70.7 Å². The number of alkyl carbamates (subject to hydrolysis) is 2. The fourth-order valence-electron chi connectivity index (χ4n) is 7.70. The Morgan fingerprint density at radius 3 is 1.95 bits per heavy atom. The summed E-state index contributed by atoms with van der Waals surface area (Å²) < 4.78 is 9.51. The highest BCUT2D eigenvalue weighted by Gasteiger charge is 2.39. The van der Waals surface area contributed by atoms with E-state index in [2.05, 4.69) is 62.3 Å². The van der Waals surface area contributed by atoms with E-state index in [-0.39, 0.29) is 41.5 Å². The van der Waals surface area contributed by atoms with Crippen LogP contribution in [-0.2, 0) is 19.1 Å². The van der Waals surface area contributed by atoms with Crippen LogP contribution in [0, 0.1) is 17.8 Å². The van der Waals surface area contributed by atoms with Crippen molar-refractivity contribution in [1.82, 2.24) is 40.8 Å². The van der Waals surface area contributed by atoms with Crippen molar-refractivity contribution in [3.63, 3.8) is 0 Å². The van der Waals surface area contributed by atoms with Crippen molar-refractivity contribution in [3.8, 4) is 20.9 Å². The molecule has 290 valence electrons. The molecule has 5 unspecified atom stereocenters. The number of thiophene rings is 1. The summed E-state index contributed by atoms with van der Waals surface area (Å²) in [6.45, 7) is 8.73. The number of rotatable bonds is 11. The standard InChI is InChI=1S/C40H48N8O6S/c1-20(2)33(46-39(51)53-5)35(49)24-18-29(41-19-24)36-42-25-11-9-22(16-27(25)44-36)31-13-14-32(55-31)23-10-12-26-28(17-23)45-37(43-26)30-8-7-15-48(30)38(50)34(21(3)4)47-40(52)54-6/h9-14,16-17,20-21,24,29-30,33-34,41H,7-8,15,18-19H2,1-6H3,(H,42,44)(H,43,45)(H,46,51)(H,47,52). The number of amides is 3. The average Bonchev–Trinajstić information content (AvgIpc) is 4.02. The summed E-state index contributed by atoms with van der Waals surface area (Å²) in [6.07, 6.45) is 0.981. The highest BCUT2D eigenvalue weighted by molar-refractivity contribution is 7.18. The van der Waals surface area contributed by atoms with Gasteiger partial charge in [-0.25, -0.2) is 19.6 Å². The molecule has 3 amide bonds. The van der Waals surface area contributed by atoms with Crippen LogP contribution in [0.25, 0.3) is 42.9 Å². The van der Waals surface area contributed by atoms with E-state index in [9.17, 15) is 19.2 Å². The number of likely N-dealkylation sites (tertiary alicyclic amines) is 1. The second kappa shape index (κ2) is 15.8. The van der Waals surface area contributed by atoms with E-state index >= 15 is 0 Å². The van der Waals surface area contributed by atoms with Crippen molar-refractivity contribution in [2.45, 2.75) is 71.1 Å². The van der Waals surface area contributed by atoms with Gasteiger partial charge in [-0.05, 0) is 78.6 Å². The molecule has 5 aromatic rings. The van der Waals surface area contributed by atoms with Crippen molar-refractivity contribution in [3.05, 3.63) is 60.2 Å². The van der Waals surface area contributed by atoms with Crippen LogP contribution in [0.5, 0.6) is 0 Å². The molecular weight excluding hydrogens is 721 g/mol. The number of aromatic nitrogens is 4. The predicted molar refractivity (Wildman–Crippen MR) is 210 cm³/mol. The molecule has 0 bridgehead atoms. The Hall–Kier alpha value is -5.28. The minimum atomic E-state index is -0.690. The number of methoxy groups -OCH3 is 2. The number of carbonyl (C=O) groups excluding carboxylic acids is 4. The maximum Gasteiger partial charge on any atom is 0.407 e. The summed E-state index contributed by atoms with van der Waals surface area (Å²) >= 11 is 1.70. The third-order valence-corrected chi connectivity index (χ3v) is 11.9. The number of aromatic amines is 2. The first-order chi connectivity index (χ1) is 26.4. The Morgan fingerprint density at radius 2 is 1.36 bits per heavy atom. The predicted octanol–water partition coefficient (Wildman–Crippen LogP) is 6.48. The van der Waals surface area contributed by atoms with Crippen LogP contribution in [-0.4, -0.2) is 88.1 Å². The number of imidazole rings is 2. The maximum absolute atomic E-state index is 13.6. The zero-order chi connectivity index (χ0) is 39.0. The van der Waals surface area contributed by atoms with Gasteiger partial charge < -0.3 is 40.3 Å². The first-order valence-corrected chi connectivity index (χ1v) is 19.6. The molecule has 2 aromatic carbocycles. The zero-order valence-corrected chi connectivity index (χ0v) is 32.7. The smallest absolute Gasteiger partial charge is 0.407 e. The molecule has 5 heterocycles. The third-order valence-electron chi connectivity index (χ3n) is 10.7. The molecule has 5 N–H and O–H groups in total. The summed E-state index contributed by atoms with van der Waals surface area (Å²) in [4.78, 5) is 71.6. The molecule has 5 atom stereocenters. The lowest BCUT2D eigenvalue weighted by molar-refractivity contribution is -0.135. The van der Waals surface area contributed by atoms with E-state index in [1.165, 1.54) is 14.2 Å². The average molecular weight is 769 g/mol. The van der Waals surface area contributed by atoms with E-state index < -0.39 is 24.3 Å². The quantitative estimate of drug-likeness (QED) is 0.100. The minimum Gasteiger partial charge on any atom is -0.453 e. The van der Waals surface area contributed by atoms with Gasteiger partial charge in [0, 0.05) is 28.8 Å². The van der Waals surface area contributed by atoms with Crippen LogP contribution >= 0.6 is 11.3 Å². The van der Waals surface area contributed by atoms with Crippen molar-refractivity contribution in [1.29, 1.82) is 0 Å². The molecule has 0 aliphatic carbocycles. The Morgan fingerprint density at radius 1 is 0.800 bits per heavy atom. The van der Waals surface area contributed by atoms with Gasteiger partial charge >= 0.3 is 12.2 Å². The van der Waals surface area contributed by atoms with Crippen molar-refractivity contribution in [2.75, 3.05) is 27.3 Å². The third kappa shape index (κ3) is 7.81. The van der Waals surface area contributed by atoms with E-state index in [1.807, 2.05) is 44.7 Å². The molecule has 2 saturated heterocycles. The van der Waals surface area contributed by atoms with Crippen molar-refractivity contribution in [2.24, 2.45) is 17.8 Å². The fraction of sp³-hybridized carbons (Fsp3) is 0.450. The topological polar surface area (TPSA) is 183 Å². The number of carbonyl (C=O) groups is 4. The van der Waals surface area contributed by atoms with Gasteiger partial charge in [0.1, 0.15) is 17.7 Å². The summed E-state index contributed by atoms with van der Waals surface area (Å²) in [6, 6.07) is 15.0. The lowest BCUT2D eigenvalue weighted by atomic mass is 9.89. The Bertz CT molecular complexity index is 2220. The number of nitrogens with zero attached hydrogens (tertiary/aromatic N) is 3. The van der Waals surface area contributed by atoms with E-state index in [4.69, 9.17) is 19.4 Å². The van der Waals surface area contributed by atoms with Crippen LogP contribution in [0.15, 0.2) is 48.5 Å². The highest BCUT2D eigenvalue weighted by atomic mass is 32.1. The van der Waals surface area contributed by atoms with Crippen molar-refractivity contribution < 1.29 is 28.7 Å². The first kappa shape index (κ1) is 38.0. The SMILES string of the molecule is COC(=O)NC(C(=O)C1CNC(c2nc3ccc(-c4ccc(-c5ccc6nc(C7CCCN7C(=O)C(NC(=O)OC)C(C)C)[nH]c6c5)s4)cc3[nH]2)C1)C(C)C. The maximum atomic E-state index is 13.6. The monoisotopic (exact) mass is 768 g/mol. The molecule has 7 rings (SSSR count). The molecule has 2 aliphatic rings. The number of Topliss-reactive ketones (excluding diaryl/α,β-unsaturated/α-hetero) is 1. The number of H-pyrrole nitrogens is 2. The Balaban J connectivity index is 1.05. The normalized spacial score (nSPS) is 19.6. The lowest BCUT2D eigenvalue weighted by Gasteiger charge is -2.29. The van der Waals surface area contributed by atoms with E-state index in [1.54, 1.807) is 11.3 Å². The van der Waals surface area contributed by atoms with Gasteiger partial charge in [0.05, 0.1) is 54.4 Å². The molecular formula is C40H48N8O6S. The number of ketones is 1. The van der Waals surface area contributed by atoms with E-state index in [0.717, 1.165) is 67.4 Å². The van der Waals surface area contributed by atoms with Crippen LogP contribution < -0.4 is 16.0 Å². The summed E-state index contributed by atoms with van der Waals surface area (Å²) in [5.41, 5.74) is 5.61. The number of nitrogens with one attached hydrogen (secondary N) is 5. The second-order valence-electron chi connectivity index (χ2n) is 15.1. The lowest BCUT2D eigenvalue weighted by Crippen LogP contribution is -2.51. The molecule has 2 fully saturated rings. The van der Waals surface area contributed by atoms with Gasteiger partial charge in [-0.2, -0.15) is 0 Å². The van der Waals surface area contributed by atoms with Crippen LogP contribution in [0.2, 0.25) is 0 Å². The molecule has 2 aliphatic heterocycles. The molecule has 0 radical (unpaired) electrons. The second-order valence-corrected chi connectivity index (χ2v) is 16.2. The van der Waals surface area contributed by atoms with Crippen LogP contribution in [0.4, 0.5) is 9.59 Å². The van der Waals surface area contributed by atoms with Gasteiger partial charge in [0.25, 0.3) is 0 Å². The van der Waals surface area contributed by atoms with Gasteiger partial charge in [-0.3, -0.25) is 9.59 Å². The number of hydrogen-bond acceptors (Lipinski definition) is 10. The first-order valence-electron chi connectivity index (χ1n) is 18.8. The Kier molecular flexibility index (Phi) is 10.9. The minimum absolute atomic E-state index is 0.00648. The number of benzene rings is 2. The molecule has 55 heavy (non-hydrogen) atoms. The number of fused-ring (bicyclic) bond motifs is 2. The highest BCUT2D eigenvalue weighted by Crippen LogP contribution is 2.38. The zero-order valence-electron chi connectivity index (χ0n) is 31.9. The molecule has 14 nitrogen and oxygen atoms in total. The number of hydrogen-bond donors (Lipinski definition) is 5. The Labute approximate surface area is 323 Å². The van der Waals surface area contributed by atoms with Crippen molar-refractivity contribution >= 4 is 57.3 Å². The molecule has 3 aromatic heterocycles. The largest absolute Gasteiger partial charge is 0.453 e. The fourth-order valence-corrected chi connectivity index (χ4v) is 8.69. The van der Waals surface area contributed by atoms with E-state index in [0.29, 0.717) is 19.5 Å².